The molecule has 1 aromatic heterocycles. The Kier molecular flexibility index (Phi) is 3.75. The highest BCUT2D eigenvalue weighted by Crippen LogP contribution is 2.29. The number of aromatic nitrogens is 2. The van der Waals surface area contributed by atoms with Crippen molar-refractivity contribution in [3.63, 3.8) is 0 Å². The minimum absolute atomic E-state index is 0.0402. The van der Waals surface area contributed by atoms with Crippen molar-refractivity contribution in [2.24, 2.45) is 0 Å². The van der Waals surface area contributed by atoms with Gasteiger partial charge in [-0.1, -0.05) is 0 Å². The third-order valence-corrected chi connectivity index (χ3v) is 2.33. The van der Waals surface area contributed by atoms with Crippen molar-refractivity contribution in [1.82, 2.24) is 9.97 Å². The van der Waals surface area contributed by atoms with Crippen LogP contribution in [0.25, 0.3) is 11.4 Å². The maximum atomic E-state index is 12.3. The minimum atomic E-state index is -4.81. The lowest BCUT2D eigenvalue weighted by molar-refractivity contribution is -0.274. The average Bonchev–Trinajstić information content (AvgIpc) is 2.37. The maximum absolute atomic E-state index is 12.3. The second-order valence-corrected chi connectivity index (χ2v) is 3.87. The molecule has 0 saturated heterocycles. The predicted octanol–water partition coefficient (Wildman–Crippen LogP) is 4.06. The molecule has 0 atom stereocenters. The summed E-state index contributed by atoms with van der Waals surface area (Å²) in [5.74, 6) is -0.486. The Balaban J connectivity index is 2.19. The molecule has 0 aliphatic rings. The second-order valence-electron chi connectivity index (χ2n) is 3.87. The molecule has 3 nitrogen and oxygen atoms in total. The highest BCUT2D eigenvalue weighted by molar-refractivity contribution is 5.55. The molecule has 21 heavy (non-hydrogen) atoms. The Bertz CT molecular complexity index is 604. The zero-order valence-corrected chi connectivity index (χ0v) is 10.0. The molecule has 1 aromatic carbocycles. The van der Waals surface area contributed by atoms with Crippen LogP contribution in [0, 0.1) is 0 Å². The number of ether oxygens (including phenoxy) is 1. The zero-order valence-electron chi connectivity index (χ0n) is 10.0. The lowest BCUT2D eigenvalue weighted by atomic mass is 10.2. The van der Waals surface area contributed by atoms with Gasteiger partial charge in [-0.05, 0) is 24.3 Å². The molecule has 2 aromatic rings. The molecule has 0 fully saturated rings. The number of halogens is 6. The van der Waals surface area contributed by atoms with Crippen LogP contribution in [0.1, 0.15) is 5.56 Å². The number of nitrogens with zero attached hydrogens (tertiary/aromatic N) is 2. The Hall–Kier alpha value is -2.32. The first-order valence-corrected chi connectivity index (χ1v) is 5.40. The molecule has 0 aliphatic heterocycles. The van der Waals surface area contributed by atoms with E-state index >= 15 is 0 Å². The number of benzene rings is 1. The average molecular weight is 308 g/mol. The van der Waals surface area contributed by atoms with Crippen molar-refractivity contribution in [2.75, 3.05) is 0 Å². The van der Waals surface area contributed by atoms with Gasteiger partial charge in [-0.3, -0.25) is 0 Å². The maximum Gasteiger partial charge on any atom is 0.573 e. The molecular formula is C12H6F6N2O. The van der Waals surface area contributed by atoms with Crippen molar-refractivity contribution < 1.29 is 31.1 Å². The predicted molar refractivity (Wildman–Crippen MR) is 59.2 cm³/mol. The largest absolute Gasteiger partial charge is 0.573 e. The Morgan fingerprint density at radius 3 is 1.76 bits per heavy atom. The summed E-state index contributed by atoms with van der Waals surface area (Å²) >= 11 is 0. The minimum Gasteiger partial charge on any atom is -0.406 e. The highest BCUT2D eigenvalue weighted by Gasteiger charge is 2.32. The first-order chi connectivity index (χ1) is 9.65. The van der Waals surface area contributed by atoms with Gasteiger partial charge in [-0.15, -0.1) is 13.2 Å². The third-order valence-electron chi connectivity index (χ3n) is 2.33. The van der Waals surface area contributed by atoms with Crippen LogP contribution in [-0.2, 0) is 6.18 Å². The van der Waals surface area contributed by atoms with Crippen LogP contribution in [0.5, 0.6) is 5.75 Å². The van der Waals surface area contributed by atoms with Crippen molar-refractivity contribution in [2.45, 2.75) is 12.5 Å². The fraction of sp³-hybridized carbons (Fsp3) is 0.167. The second kappa shape index (κ2) is 5.23. The summed E-state index contributed by atoms with van der Waals surface area (Å²) in [4.78, 5) is 7.05. The van der Waals surface area contributed by atoms with Gasteiger partial charge >= 0.3 is 12.5 Å². The first-order valence-electron chi connectivity index (χ1n) is 5.40. The fourth-order valence-corrected chi connectivity index (χ4v) is 1.43. The van der Waals surface area contributed by atoms with E-state index in [4.69, 9.17) is 0 Å². The first kappa shape index (κ1) is 15.1. The summed E-state index contributed by atoms with van der Waals surface area (Å²) in [6.07, 6.45) is -8.17. The van der Waals surface area contributed by atoms with E-state index in [1.807, 2.05) is 0 Å². The van der Waals surface area contributed by atoms with E-state index in [0.717, 1.165) is 12.1 Å². The molecule has 1 heterocycles. The van der Waals surface area contributed by atoms with Gasteiger partial charge in [0, 0.05) is 18.0 Å². The molecule has 112 valence electrons. The lowest BCUT2D eigenvalue weighted by Gasteiger charge is -2.09. The van der Waals surface area contributed by atoms with Gasteiger partial charge in [-0.25, -0.2) is 9.97 Å². The summed E-state index contributed by atoms with van der Waals surface area (Å²) in [5.41, 5.74) is -0.749. The van der Waals surface area contributed by atoms with E-state index in [2.05, 4.69) is 14.7 Å². The molecule has 9 heteroatoms. The van der Waals surface area contributed by atoms with Gasteiger partial charge in [0.25, 0.3) is 0 Å². The topological polar surface area (TPSA) is 35.0 Å². The summed E-state index contributed by atoms with van der Waals surface area (Å²) in [6, 6.07) is 4.46. The molecule has 0 unspecified atom stereocenters. The van der Waals surface area contributed by atoms with Gasteiger partial charge in [0.2, 0.25) is 0 Å². The van der Waals surface area contributed by atoms with Crippen LogP contribution < -0.4 is 4.74 Å². The SMILES string of the molecule is FC(F)(F)Oc1ccc(-c2ncc(C(F)(F)F)cn2)cc1. The molecule has 2 rings (SSSR count). The van der Waals surface area contributed by atoms with Crippen molar-refractivity contribution in [3.05, 3.63) is 42.2 Å². The molecular weight excluding hydrogens is 302 g/mol. The third kappa shape index (κ3) is 4.07. The molecule has 0 radical (unpaired) electrons. The monoisotopic (exact) mass is 308 g/mol. The molecule has 0 amide bonds. The quantitative estimate of drug-likeness (QED) is 0.785. The van der Waals surface area contributed by atoms with E-state index in [9.17, 15) is 26.3 Å². The van der Waals surface area contributed by atoms with Crippen LogP contribution in [0.15, 0.2) is 36.7 Å². The van der Waals surface area contributed by atoms with Crippen molar-refractivity contribution in [1.29, 1.82) is 0 Å². The lowest BCUT2D eigenvalue weighted by Crippen LogP contribution is -2.16. The van der Waals surface area contributed by atoms with Gasteiger partial charge in [0.05, 0.1) is 5.56 Å². The van der Waals surface area contributed by atoms with Crippen LogP contribution in [0.2, 0.25) is 0 Å². The van der Waals surface area contributed by atoms with Crippen LogP contribution in [-0.4, -0.2) is 16.3 Å². The van der Waals surface area contributed by atoms with Crippen molar-refractivity contribution in [3.8, 4) is 17.1 Å². The standard InChI is InChI=1S/C12H6F6N2O/c13-11(14,15)8-5-19-10(20-6-8)7-1-3-9(4-2-7)21-12(16,17)18/h1-6H. The Labute approximate surface area is 114 Å². The molecule has 0 bridgehead atoms. The van der Waals surface area contributed by atoms with Gasteiger partial charge in [0.15, 0.2) is 5.82 Å². The smallest absolute Gasteiger partial charge is 0.406 e. The molecule has 0 spiro atoms. The number of alkyl halides is 6. The van der Waals surface area contributed by atoms with Gasteiger partial charge < -0.3 is 4.74 Å². The summed E-state index contributed by atoms with van der Waals surface area (Å²) < 4.78 is 76.6. The normalized spacial score (nSPS) is 12.3. The van der Waals surface area contributed by atoms with E-state index in [1.165, 1.54) is 12.1 Å². The summed E-state index contributed by atoms with van der Waals surface area (Å²) in [7, 11) is 0. The van der Waals surface area contributed by atoms with Crippen LogP contribution in [0.3, 0.4) is 0 Å². The van der Waals surface area contributed by atoms with Crippen LogP contribution >= 0.6 is 0 Å². The van der Waals surface area contributed by atoms with E-state index in [0.29, 0.717) is 12.4 Å². The molecule has 0 aliphatic carbocycles. The highest BCUT2D eigenvalue weighted by atomic mass is 19.4. The number of hydrogen-bond acceptors (Lipinski definition) is 3. The van der Waals surface area contributed by atoms with Crippen molar-refractivity contribution >= 4 is 0 Å². The van der Waals surface area contributed by atoms with Gasteiger partial charge in [-0.2, -0.15) is 13.2 Å². The van der Waals surface area contributed by atoms with Gasteiger partial charge in [0.1, 0.15) is 5.75 Å². The van der Waals surface area contributed by atoms with E-state index in [1.54, 1.807) is 0 Å². The van der Waals surface area contributed by atoms with E-state index < -0.39 is 23.9 Å². The summed E-state index contributed by atoms with van der Waals surface area (Å²) in [5, 5.41) is 0. The van der Waals surface area contributed by atoms with Crippen LogP contribution in [0.4, 0.5) is 26.3 Å². The Morgan fingerprint density at radius 2 is 1.33 bits per heavy atom. The molecule has 0 N–H and O–H groups in total. The number of rotatable bonds is 2. The number of hydrogen-bond donors (Lipinski definition) is 0. The fourth-order valence-electron chi connectivity index (χ4n) is 1.43. The molecule has 0 saturated carbocycles. The summed E-state index contributed by atoms with van der Waals surface area (Å²) in [6.45, 7) is 0. The zero-order chi connectivity index (χ0) is 15.7. The Morgan fingerprint density at radius 1 is 0.810 bits per heavy atom. The van der Waals surface area contributed by atoms with E-state index in [-0.39, 0.29) is 11.4 Å².